The Hall–Kier alpha value is -0.390. The van der Waals surface area contributed by atoms with E-state index in [-0.39, 0.29) is 0 Å². The second kappa shape index (κ2) is 6.17. The molecule has 0 radical (unpaired) electrons. The van der Waals surface area contributed by atoms with Crippen molar-refractivity contribution in [2.24, 2.45) is 5.92 Å². The Balaban J connectivity index is 2.09. The van der Waals surface area contributed by atoms with Gasteiger partial charge < -0.3 is 10.2 Å². The first-order valence-electron chi connectivity index (χ1n) is 6.65. The summed E-state index contributed by atoms with van der Waals surface area (Å²) < 4.78 is 3.26. The summed E-state index contributed by atoms with van der Waals surface area (Å²) in [6.45, 7) is 1.96. The van der Waals surface area contributed by atoms with Crippen LogP contribution in [0.3, 0.4) is 0 Å². The first-order valence-corrected chi connectivity index (χ1v) is 7.44. The number of hydrogen-bond acceptors (Lipinski definition) is 3. The van der Waals surface area contributed by atoms with Crippen LogP contribution >= 0.6 is 15.9 Å². The number of rotatable bonds is 7. The Morgan fingerprint density at radius 1 is 1.56 bits per heavy atom. The molecular formula is C13H23BrN4. The molecule has 0 amide bonds. The van der Waals surface area contributed by atoms with Gasteiger partial charge in [0.25, 0.3) is 0 Å². The predicted molar refractivity (Wildman–Crippen MR) is 77.6 cm³/mol. The maximum Gasteiger partial charge on any atom is 0.0696 e. The van der Waals surface area contributed by atoms with Gasteiger partial charge in [-0.25, -0.2) is 0 Å². The van der Waals surface area contributed by atoms with Crippen molar-refractivity contribution in [2.45, 2.75) is 31.8 Å². The molecule has 1 aromatic rings. The van der Waals surface area contributed by atoms with E-state index < -0.39 is 0 Å². The van der Waals surface area contributed by atoms with Crippen LogP contribution in [0.25, 0.3) is 0 Å². The van der Waals surface area contributed by atoms with Gasteiger partial charge in [0.2, 0.25) is 0 Å². The number of nitrogens with one attached hydrogen (secondary N) is 1. The van der Waals surface area contributed by atoms with Gasteiger partial charge in [-0.05, 0) is 49.4 Å². The molecule has 0 aromatic carbocycles. The minimum atomic E-state index is 0.413. The molecule has 0 aliphatic heterocycles. The number of halogens is 1. The average Bonchev–Trinajstić information content (AvgIpc) is 3.07. The number of likely N-dealkylation sites (N-methyl/N-ethyl adjacent to an activating group) is 1. The van der Waals surface area contributed by atoms with Crippen LogP contribution in [0.2, 0.25) is 0 Å². The van der Waals surface area contributed by atoms with E-state index in [1.807, 2.05) is 13.2 Å². The Kier molecular flexibility index (Phi) is 4.81. The topological polar surface area (TPSA) is 33.1 Å². The second-order valence-electron chi connectivity index (χ2n) is 5.42. The van der Waals surface area contributed by atoms with Crippen molar-refractivity contribution in [3.05, 3.63) is 16.4 Å². The minimum Gasteiger partial charge on any atom is -0.312 e. The molecule has 0 spiro atoms. The summed E-state index contributed by atoms with van der Waals surface area (Å²) in [5.41, 5.74) is 1.30. The lowest BCUT2D eigenvalue weighted by atomic mass is 10.1. The molecule has 1 atom stereocenters. The highest BCUT2D eigenvalue weighted by Crippen LogP contribution is 2.38. The van der Waals surface area contributed by atoms with Gasteiger partial charge in [-0.15, -0.1) is 0 Å². The standard InChI is InChI=1S/C13H23BrN4/c1-15-12(8-10-4-5-10)13-11(14)9-16-18(13)7-6-17(2)3/h9-10,12,15H,4-8H2,1-3H3. The molecule has 1 aliphatic carbocycles. The lowest BCUT2D eigenvalue weighted by Crippen LogP contribution is -2.25. The molecule has 1 unspecified atom stereocenters. The fourth-order valence-corrected chi connectivity index (χ4v) is 2.82. The van der Waals surface area contributed by atoms with E-state index in [1.165, 1.54) is 25.0 Å². The van der Waals surface area contributed by atoms with Crippen LogP contribution < -0.4 is 5.32 Å². The van der Waals surface area contributed by atoms with E-state index in [4.69, 9.17) is 0 Å². The Morgan fingerprint density at radius 2 is 2.28 bits per heavy atom. The van der Waals surface area contributed by atoms with Gasteiger partial charge in [-0.2, -0.15) is 5.10 Å². The molecule has 102 valence electrons. The Morgan fingerprint density at radius 3 is 2.83 bits per heavy atom. The smallest absolute Gasteiger partial charge is 0.0696 e. The van der Waals surface area contributed by atoms with Gasteiger partial charge in [0.05, 0.1) is 29.0 Å². The third kappa shape index (κ3) is 3.56. The summed E-state index contributed by atoms with van der Waals surface area (Å²) in [4.78, 5) is 2.19. The Bertz CT molecular complexity index is 384. The van der Waals surface area contributed by atoms with Gasteiger partial charge in [0.15, 0.2) is 0 Å². The summed E-state index contributed by atoms with van der Waals surface area (Å²) in [6, 6.07) is 0.413. The SMILES string of the molecule is CNC(CC1CC1)c1c(Br)cnn1CCN(C)C. The molecule has 1 aliphatic rings. The van der Waals surface area contributed by atoms with Gasteiger partial charge in [-0.3, -0.25) is 4.68 Å². The number of aromatic nitrogens is 2. The van der Waals surface area contributed by atoms with E-state index in [9.17, 15) is 0 Å². The summed E-state index contributed by atoms with van der Waals surface area (Å²) in [7, 11) is 6.23. The van der Waals surface area contributed by atoms with Crippen molar-refractivity contribution < 1.29 is 0 Å². The van der Waals surface area contributed by atoms with Crippen molar-refractivity contribution in [1.82, 2.24) is 20.0 Å². The molecule has 18 heavy (non-hydrogen) atoms. The van der Waals surface area contributed by atoms with Crippen molar-refractivity contribution >= 4 is 15.9 Å². The summed E-state index contributed by atoms with van der Waals surface area (Å²) in [5, 5.41) is 7.93. The molecule has 0 saturated heterocycles. The molecule has 5 heteroatoms. The lowest BCUT2D eigenvalue weighted by molar-refractivity contribution is 0.360. The van der Waals surface area contributed by atoms with Crippen molar-refractivity contribution in [1.29, 1.82) is 0 Å². The zero-order valence-corrected chi connectivity index (χ0v) is 13.1. The van der Waals surface area contributed by atoms with Crippen molar-refractivity contribution in [3.8, 4) is 0 Å². The van der Waals surface area contributed by atoms with Crippen LogP contribution in [0.15, 0.2) is 10.7 Å². The molecule has 1 saturated carbocycles. The van der Waals surface area contributed by atoms with E-state index >= 15 is 0 Å². The van der Waals surface area contributed by atoms with E-state index in [2.05, 4.69) is 50.0 Å². The third-order valence-corrected chi connectivity index (χ3v) is 4.15. The minimum absolute atomic E-state index is 0.413. The average molecular weight is 315 g/mol. The van der Waals surface area contributed by atoms with Gasteiger partial charge in [0.1, 0.15) is 0 Å². The van der Waals surface area contributed by atoms with Gasteiger partial charge in [0, 0.05) is 6.54 Å². The molecule has 2 rings (SSSR count). The Labute approximate surface area is 118 Å². The molecular weight excluding hydrogens is 292 g/mol. The van der Waals surface area contributed by atoms with Crippen molar-refractivity contribution in [3.63, 3.8) is 0 Å². The normalized spacial score (nSPS) is 17.4. The monoisotopic (exact) mass is 314 g/mol. The molecule has 1 N–H and O–H groups in total. The highest BCUT2D eigenvalue weighted by atomic mass is 79.9. The van der Waals surface area contributed by atoms with E-state index in [0.717, 1.165) is 23.5 Å². The van der Waals surface area contributed by atoms with Crippen LogP contribution in [-0.2, 0) is 6.54 Å². The summed E-state index contributed by atoms with van der Waals surface area (Å²) >= 11 is 3.64. The number of nitrogens with zero attached hydrogens (tertiary/aromatic N) is 3. The first-order chi connectivity index (χ1) is 8.61. The quantitative estimate of drug-likeness (QED) is 0.838. The molecule has 1 fully saturated rings. The maximum absolute atomic E-state index is 4.49. The molecule has 1 heterocycles. The fourth-order valence-electron chi connectivity index (χ4n) is 2.24. The highest BCUT2D eigenvalue weighted by Gasteiger charge is 2.28. The second-order valence-corrected chi connectivity index (χ2v) is 6.28. The zero-order valence-electron chi connectivity index (χ0n) is 11.5. The number of hydrogen-bond donors (Lipinski definition) is 1. The van der Waals surface area contributed by atoms with Crippen molar-refractivity contribution in [2.75, 3.05) is 27.7 Å². The highest BCUT2D eigenvalue weighted by molar-refractivity contribution is 9.10. The predicted octanol–water partition coefficient (Wildman–Crippen LogP) is 2.27. The van der Waals surface area contributed by atoms with Crippen LogP contribution in [-0.4, -0.2) is 42.4 Å². The van der Waals surface area contributed by atoms with Crippen LogP contribution in [0.4, 0.5) is 0 Å². The van der Waals surface area contributed by atoms with E-state index in [0.29, 0.717) is 6.04 Å². The van der Waals surface area contributed by atoms with Gasteiger partial charge >= 0.3 is 0 Å². The van der Waals surface area contributed by atoms with E-state index in [1.54, 1.807) is 0 Å². The van der Waals surface area contributed by atoms with Gasteiger partial charge in [-0.1, -0.05) is 12.8 Å². The van der Waals surface area contributed by atoms with Crippen LogP contribution in [0.5, 0.6) is 0 Å². The molecule has 0 bridgehead atoms. The first kappa shape index (κ1) is 14.0. The molecule has 1 aromatic heterocycles. The lowest BCUT2D eigenvalue weighted by Gasteiger charge is -2.19. The maximum atomic E-state index is 4.49. The largest absolute Gasteiger partial charge is 0.312 e. The summed E-state index contributed by atoms with van der Waals surface area (Å²) in [5.74, 6) is 0.909. The van der Waals surface area contributed by atoms with Crippen LogP contribution in [0, 0.1) is 5.92 Å². The zero-order chi connectivity index (χ0) is 13.1. The van der Waals surface area contributed by atoms with Crippen LogP contribution in [0.1, 0.15) is 31.0 Å². The third-order valence-electron chi connectivity index (χ3n) is 3.54. The fraction of sp³-hybridized carbons (Fsp3) is 0.769. The summed E-state index contributed by atoms with van der Waals surface area (Å²) in [6.07, 6.45) is 5.92. The molecule has 4 nitrogen and oxygen atoms in total.